The molecule has 4 aromatic rings. The lowest BCUT2D eigenvalue weighted by Crippen LogP contribution is -1.90. The van der Waals surface area contributed by atoms with Crippen molar-refractivity contribution in [1.82, 2.24) is 19.9 Å². The quantitative estimate of drug-likeness (QED) is 0.599. The van der Waals surface area contributed by atoms with Crippen LogP contribution in [0.25, 0.3) is 21.4 Å². The Morgan fingerprint density at radius 3 is 3.10 bits per heavy atom. The summed E-state index contributed by atoms with van der Waals surface area (Å²) in [5, 5.41) is 0. The maximum atomic E-state index is 4.52. The van der Waals surface area contributed by atoms with Crippen molar-refractivity contribution in [2.75, 3.05) is 0 Å². The first-order valence-electron chi connectivity index (χ1n) is 6.10. The Balaban J connectivity index is 1.72. The van der Waals surface area contributed by atoms with E-state index in [0.29, 0.717) is 0 Å². The standard InChI is InChI=1S/C14H9BrN4S/c15-9-5-11-14(16-6-9)19-13(18-11)4-8-1-2-10-12(3-8)20-7-17-10/h1-3,5-7H,4H2,(H,16,18,19). The van der Waals surface area contributed by atoms with Crippen LogP contribution in [0.1, 0.15) is 11.4 Å². The summed E-state index contributed by atoms with van der Waals surface area (Å²) < 4.78 is 2.16. The SMILES string of the molecule is Brc1cnc2nc(Cc3ccc4ncsc4c3)[nH]c2c1. The van der Waals surface area contributed by atoms with E-state index in [9.17, 15) is 0 Å². The van der Waals surface area contributed by atoms with Crippen LogP contribution in [0.2, 0.25) is 0 Å². The number of aromatic amines is 1. The normalized spacial score (nSPS) is 11.4. The number of imidazole rings is 1. The Kier molecular flexibility index (Phi) is 2.78. The van der Waals surface area contributed by atoms with E-state index in [1.54, 1.807) is 17.5 Å². The van der Waals surface area contributed by atoms with Crippen molar-refractivity contribution in [2.45, 2.75) is 6.42 Å². The average Bonchev–Trinajstić information content (AvgIpc) is 3.03. The van der Waals surface area contributed by atoms with E-state index in [1.807, 2.05) is 11.6 Å². The molecule has 3 heterocycles. The molecule has 0 unspecified atom stereocenters. The fourth-order valence-corrected chi connectivity index (χ4v) is 3.28. The molecule has 0 atom stereocenters. The summed E-state index contributed by atoms with van der Waals surface area (Å²) >= 11 is 5.07. The van der Waals surface area contributed by atoms with Gasteiger partial charge in [-0.2, -0.15) is 0 Å². The summed E-state index contributed by atoms with van der Waals surface area (Å²) in [5.74, 6) is 0.925. The van der Waals surface area contributed by atoms with E-state index in [2.05, 4.69) is 54.1 Å². The number of halogens is 1. The number of fused-ring (bicyclic) bond motifs is 2. The summed E-state index contributed by atoms with van der Waals surface area (Å²) in [5.41, 5.74) is 5.85. The highest BCUT2D eigenvalue weighted by Gasteiger charge is 2.06. The van der Waals surface area contributed by atoms with Gasteiger partial charge in [0.1, 0.15) is 5.82 Å². The van der Waals surface area contributed by atoms with Crippen molar-refractivity contribution in [1.29, 1.82) is 0 Å². The molecule has 0 aliphatic heterocycles. The molecule has 0 saturated heterocycles. The molecule has 6 heteroatoms. The molecule has 3 aromatic heterocycles. The van der Waals surface area contributed by atoms with E-state index >= 15 is 0 Å². The molecule has 0 fully saturated rings. The van der Waals surface area contributed by atoms with Gasteiger partial charge in [-0.3, -0.25) is 0 Å². The van der Waals surface area contributed by atoms with Crippen molar-refractivity contribution in [2.24, 2.45) is 0 Å². The number of nitrogens with one attached hydrogen (secondary N) is 1. The van der Waals surface area contributed by atoms with E-state index in [-0.39, 0.29) is 0 Å². The minimum Gasteiger partial charge on any atom is -0.340 e. The topological polar surface area (TPSA) is 54.5 Å². The second-order valence-corrected chi connectivity index (χ2v) is 6.34. The minimum absolute atomic E-state index is 0.752. The number of aromatic nitrogens is 4. The zero-order chi connectivity index (χ0) is 13.5. The van der Waals surface area contributed by atoms with Gasteiger partial charge in [0, 0.05) is 17.1 Å². The van der Waals surface area contributed by atoms with Crippen molar-refractivity contribution in [3.63, 3.8) is 0 Å². The molecule has 1 aromatic carbocycles. The van der Waals surface area contributed by atoms with E-state index in [0.717, 1.165) is 33.4 Å². The average molecular weight is 345 g/mol. The zero-order valence-electron chi connectivity index (χ0n) is 10.3. The molecule has 0 aliphatic carbocycles. The third kappa shape index (κ3) is 2.10. The Morgan fingerprint density at radius 1 is 1.20 bits per heavy atom. The smallest absolute Gasteiger partial charge is 0.177 e. The lowest BCUT2D eigenvalue weighted by molar-refractivity contribution is 1.04. The van der Waals surface area contributed by atoms with E-state index in [4.69, 9.17) is 0 Å². The maximum Gasteiger partial charge on any atom is 0.177 e. The van der Waals surface area contributed by atoms with Crippen LogP contribution in [0.15, 0.2) is 40.4 Å². The van der Waals surface area contributed by atoms with Crippen molar-refractivity contribution < 1.29 is 0 Å². The minimum atomic E-state index is 0.752. The lowest BCUT2D eigenvalue weighted by atomic mass is 10.1. The highest BCUT2D eigenvalue weighted by molar-refractivity contribution is 9.10. The monoisotopic (exact) mass is 344 g/mol. The van der Waals surface area contributed by atoms with Crippen molar-refractivity contribution >= 4 is 48.6 Å². The van der Waals surface area contributed by atoms with Gasteiger partial charge in [-0.15, -0.1) is 11.3 Å². The van der Waals surface area contributed by atoms with E-state index < -0.39 is 0 Å². The fourth-order valence-electron chi connectivity index (χ4n) is 2.21. The largest absolute Gasteiger partial charge is 0.340 e. The first-order valence-corrected chi connectivity index (χ1v) is 7.77. The van der Waals surface area contributed by atoms with Crippen LogP contribution < -0.4 is 0 Å². The van der Waals surface area contributed by atoms with Gasteiger partial charge in [-0.05, 0) is 39.7 Å². The van der Waals surface area contributed by atoms with Gasteiger partial charge in [0.25, 0.3) is 0 Å². The van der Waals surface area contributed by atoms with Crippen LogP contribution >= 0.6 is 27.3 Å². The third-order valence-corrected chi connectivity index (χ3v) is 4.35. The van der Waals surface area contributed by atoms with Crippen LogP contribution in [0.5, 0.6) is 0 Å². The molecule has 4 rings (SSSR count). The third-order valence-electron chi connectivity index (χ3n) is 3.12. The second kappa shape index (κ2) is 4.64. The van der Waals surface area contributed by atoms with Gasteiger partial charge >= 0.3 is 0 Å². The number of H-pyrrole nitrogens is 1. The second-order valence-electron chi connectivity index (χ2n) is 4.54. The van der Waals surface area contributed by atoms with Gasteiger partial charge < -0.3 is 4.98 Å². The molecule has 4 nitrogen and oxygen atoms in total. The molecule has 0 aliphatic rings. The van der Waals surface area contributed by atoms with E-state index in [1.165, 1.54) is 10.3 Å². The Hall–Kier alpha value is -1.79. The summed E-state index contributed by atoms with van der Waals surface area (Å²) in [7, 11) is 0. The Morgan fingerprint density at radius 2 is 2.15 bits per heavy atom. The predicted octanol–water partition coefficient (Wildman–Crippen LogP) is 3.92. The van der Waals surface area contributed by atoms with Crippen LogP contribution in [-0.2, 0) is 6.42 Å². The summed E-state index contributed by atoms with van der Waals surface area (Å²) in [6.45, 7) is 0. The van der Waals surface area contributed by atoms with Crippen molar-refractivity contribution in [3.05, 3.63) is 51.8 Å². The molecule has 0 spiro atoms. The number of rotatable bonds is 2. The summed E-state index contributed by atoms with van der Waals surface area (Å²) in [6.07, 6.45) is 2.53. The fraction of sp³-hybridized carbons (Fsp3) is 0.0714. The van der Waals surface area contributed by atoms with Crippen molar-refractivity contribution in [3.8, 4) is 0 Å². The molecule has 20 heavy (non-hydrogen) atoms. The molecular weight excluding hydrogens is 336 g/mol. The van der Waals surface area contributed by atoms with Gasteiger partial charge in [0.2, 0.25) is 0 Å². The number of benzene rings is 1. The molecule has 0 bridgehead atoms. The first kappa shape index (κ1) is 12.0. The Bertz CT molecular complexity index is 912. The van der Waals surface area contributed by atoms with Gasteiger partial charge in [0.15, 0.2) is 5.65 Å². The summed E-state index contributed by atoms with van der Waals surface area (Å²) in [6, 6.07) is 8.31. The number of hydrogen-bond acceptors (Lipinski definition) is 4. The van der Waals surface area contributed by atoms with Gasteiger partial charge in [-0.25, -0.2) is 15.0 Å². The number of pyridine rings is 1. The molecule has 98 valence electrons. The number of nitrogens with zero attached hydrogens (tertiary/aromatic N) is 3. The van der Waals surface area contributed by atoms with Crippen LogP contribution in [0.3, 0.4) is 0 Å². The molecular formula is C14H9BrN4S. The molecule has 0 amide bonds. The van der Waals surface area contributed by atoms with Gasteiger partial charge in [-0.1, -0.05) is 6.07 Å². The highest BCUT2D eigenvalue weighted by Crippen LogP contribution is 2.21. The van der Waals surface area contributed by atoms with Crippen LogP contribution in [0.4, 0.5) is 0 Å². The zero-order valence-corrected chi connectivity index (χ0v) is 12.7. The maximum absolute atomic E-state index is 4.52. The highest BCUT2D eigenvalue weighted by atomic mass is 79.9. The summed E-state index contributed by atoms with van der Waals surface area (Å²) in [4.78, 5) is 16.4. The number of hydrogen-bond donors (Lipinski definition) is 1. The molecule has 0 saturated carbocycles. The predicted molar refractivity (Wildman–Crippen MR) is 84.0 cm³/mol. The molecule has 0 radical (unpaired) electrons. The number of thiazole rings is 1. The molecule has 1 N–H and O–H groups in total. The Labute approximate surface area is 127 Å². The lowest BCUT2D eigenvalue weighted by Gasteiger charge is -1.97. The van der Waals surface area contributed by atoms with Gasteiger partial charge in [0.05, 0.1) is 21.2 Å². The van der Waals surface area contributed by atoms with Crippen LogP contribution in [0, 0.1) is 0 Å². The first-order chi connectivity index (χ1) is 9.78. The van der Waals surface area contributed by atoms with Crippen LogP contribution in [-0.4, -0.2) is 19.9 Å².